The van der Waals surface area contributed by atoms with Gasteiger partial charge in [0.05, 0.1) is 0 Å². The molecule has 0 aromatic heterocycles. The zero-order chi connectivity index (χ0) is 15.1. The third-order valence-corrected chi connectivity index (χ3v) is 2.31. The SMILES string of the molecule is O=C(NC(C(=O)O)C(F)C(F)F)OCc1ccccc1. The highest BCUT2D eigenvalue weighted by Gasteiger charge is 2.36. The van der Waals surface area contributed by atoms with Gasteiger partial charge in [-0.1, -0.05) is 30.3 Å². The van der Waals surface area contributed by atoms with Gasteiger partial charge in [-0.2, -0.15) is 0 Å². The van der Waals surface area contributed by atoms with Crippen LogP contribution in [0, 0.1) is 0 Å². The first-order valence-electron chi connectivity index (χ1n) is 5.54. The number of alkyl carbamates (subject to hydrolysis) is 1. The van der Waals surface area contributed by atoms with Gasteiger partial charge in [0, 0.05) is 0 Å². The molecule has 20 heavy (non-hydrogen) atoms. The lowest BCUT2D eigenvalue weighted by Crippen LogP contribution is -2.49. The van der Waals surface area contributed by atoms with Gasteiger partial charge in [0.1, 0.15) is 6.61 Å². The van der Waals surface area contributed by atoms with Crippen LogP contribution in [0.3, 0.4) is 0 Å². The molecule has 0 heterocycles. The number of alkyl halides is 3. The molecule has 0 aliphatic carbocycles. The fraction of sp³-hybridized carbons (Fsp3) is 0.333. The monoisotopic (exact) mass is 291 g/mol. The molecule has 5 nitrogen and oxygen atoms in total. The molecule has 0 radical (unpaired) electrons. The van der Waals surface area contributed by atoms with E-state index in [0.717, 1.165) is 0 Å². The van der Waals surface area contributed by atoms with E-state index in [9.17, 15) is 22.8 Å². The van der Waals surface area contributed by atoms with Crippen molar-refractivity contribution < 1.29 is 32.6 Å². The van der Waals surface area contributed by atoms with Gasteiger partial charge in [0.15, 0.2) is 12.2 Å². The quantitative estimate of drug-likeness (QED) is 0.840. The van der Waals surface area contributed by atoms with Crippen LogP contribution in [0.2, 0.25) is 0 Å². The smallest absolute Gasteiger partial charge is 0.408 e. The molecular weight excluding hydrogens is 279 g/mol. The lowest BCUT2D eigenvalue weighted by molar-refractivity contribution is -0.143. The zero-order valence-corrected chi connectivity index (χ0v) is 10.1. The number of hydrogen-bond acceptors (Lipinski definition) is 3. The first kappa shape index (κ1) is 15.8. The second-order valence-electron chi connectivity index (χ2n) is 3.80. The summed E-state index contributed by atoms with van der Waals surface area (Å²) in [6.07, 6.45) is -7.83. The van der Waals surface area contributed by atoms with E-state index in [2.05, 4.69) is 4.74 Å². The molecule has 1 rings (SSSR count). The molecule has 2 N–H and O–H groups in total. The zero-order valence-electron chi connectivity index (χ0n) is 10.1. The van der Waals surface area contributed by atoms with E-state index in [1.807, 2.05) is 0 Å². The Labute approximate surface area is 112 Å². The topological polar surface area (TPSA) is 75.6 Å². The van der Waals surface area contributed by atoms with Crippen molar-refractivity contribution in [3.05, 3.63) is 35.9 Å². The number of carbonyl (C=O) groups excluding carboxylic acids is 1. The van der Waals surface area contributed by atoms with Crippen LogP contribution in [-0.2, 0) is 16.1 Å². The Kier molecular flexibility index (Phi) is 5.82. The molecule has 0 aliphatic heterocycles. The first-order valence-corrected chi connectivity index (χ1v) is 5.54. The average molecular weight is 291 g/mol. The first-order chi connectivity index (χ1) is 9.41. The number of hydrogen-bond donors (Lipinski definition) is 2. The summed E-state index contributed by atoms with van der Waals surface area (Å²) in [5.74, 6) is -1.91. The molecular formula is C12H12F3NO4. The second kappa shape index (κ2) is 7.37. The fourth-order valence-corrected chi connectivity index (χ4v) is 1.31. The molecule has 1 aromatic rings. The number of nitrogens with one attached hydrogen (secondary N) is 1. The predicted octanol–water partition coefficient (Wildman–Crippen LogP) is 1.97. The predicted molar refractivity (Wildman–Crippen MR) is 62.1 cm³/mol. The van der Waals surface area contributed by atoms with Crippen molar-refractivity contribution in [1.29, 1.82) is 0 Å². The van der Waals surface area contributed by atoms with Gasteiger partial charge in [0.2, 0.25) is 0 Å². The molecule has 110 valence electrons. The Morgan fingerprint density at radius 3 is 2.30 bits per heavy atom. The van der Waals surface area contributed by atoms with E-state index in [4.69, 9.17) is 5.11 Å². The summed E-state index contributed by atoms with van der Waals surface area (Å²) in [6, 6.07) is 6.02. The maximum Gasteiger partial charge on any atom is 0.408 e. The lowest BCUT2D eigenvalue weighted by atomic mass is 10.2. The van der Waals surface area contributed by atoms with Crippen molar-refractivity contribution in [2.45, 2.75) is 25.2 Å². The van der Waals surface area contributed by atoms with Crippen molar-refractivity contribution in [1.82, 2.24) is 5.32 Å². The average Bonchev–Trinajstić information content (AvgIpc) is 2.42. The van der Waals surface area contributed by atoms with Crippen molar-refractivity contribution in [3.8, 4) is 0 Å². The molecule has 1 amide bonds. The summed E-state index contributed by atoms with van der Waals surface area (Å²) in [5.41, 5.74) is 0.611. The van der Waals surface area contributed by atoms with Crippen molar-refractivity contribution in [2.24, 2.45) is 0 Å². The van der Waals surface area contributed by atoms with Gasteiger partial charge < -0.3 is 15.2 Å². The van der Waals surface area contributed by atoms with Gasteiger partial charge >= 0.3 is 12.1 Å². The number of benzene rings is 1. The molecule has 0 saturated heterocycles. The Bertz CT molecular complexity index is 455. The standard InChI is InChI=1S/C12H12F3NO4/c13-8(10(14)15)9(11(17)18)16-12(19)20-6-7-4-2-1-3-5-7/h1-5,8-10H,6H2,(H,16,19)(H,17,18). The Hall–Kier alpha value is -2.25. The highest BCUT2D eigenvalue weighted by molar-refractivity contribution is 5.80. The van der Waals surface area contributed by atoms with E-state index < -0.39 is 30.7 Å². The second-order valence-corrected chi connectivity index (χ2v) is 3.80. The van der Waals surface area contributed by atoms with Crippen LogP contribution >= 0.6 is 0 Å². The minimum absolute atomic E-state index is 0.190. The van der Waals surface area contributed by atoms with Crippen LogP contribution in [0.25, 0.3) is 0 Å². The maximum atomic E-state index is 13.0. The van der Waals surface area contributed by atoms with E-state index in [0.29, 0.717) is 5.56 Å². The number of carbonyl (C=O) groups is 2. The van der Waals surface area contributed by atoms with Crippen molar-refractivity contribution in [2.75, 3.05) is 0 Å². The van der Waals surface area contributed by atoms with Crippen LogP contribution < -0.4 is 5.32 Å². The third kappa shape index (κ3) is 4.79. The van der Waals surface area contributed by atoms with E-state index in [-0.39, 0.29) is 6.61 Å². The molecule has 1 aromatic carbocycles. The molecule has 0 bridgehead atoms. The van der Waals surface area contributed by atoms with Gasteiger partial charge in [-0.15, -0.1) is 0 Å². The molecule has 8 heteroatoms. The number of amides is 1. The van der Waals surface area contributed by atoms with E-state index in [1.54, 1.807) is 35.6 Å². The summed E-state index contributed by atoms with van der Waals surface area (Å²) < 4.78 is 41.8. The summed E-state index contributed by atoms with van der Waals surface area (Å²) in [6.45, 7) is -0.190. The summed E-state index contributed by atoms with van der Waals surface area (Å²) in [4.78, 5) is 21.9. The molecule has 0 aliphatic rings. The Morgan fingerprint density at radius 2 is 1.80 bits per heavy atom. The molecule has 0 fully saturated rings. The Morgan fingerprint density at radius 1 is 1.20 bits per heavy atom. The number of rotatable bonds is 6. The minimum Gasteiger partial charge on any atom is -0.480 e. The van der Waals surface area contributed by atoms with Crippen molar-refractivity contribution >= 4 is 12.1 Å². The molecule has 2 atom stereocenters. The number of aliphatic carboxylic acids is 1. The normalized spacial score (nSPS) is 13.6. The van der Waals surface area contributed by atoms with E-state index >= 15 is 0 Å². The highest BCUT2D eigenvalue weighted by atomic mass is 19.3. The summed E-state index contributed by atoms with van der Waals surface area (Å²) >= 11 is 0. The highest BCUT2D eigenvalue weighted by Crippen LogP contribution is 2.11. The van der Waals surface area contributed by atoms with Gasteiger partial charge in [0.25, 0.3) is 6.43 Å². The number of carboxylic acid groups (broad SMARTS) is 1. The number of halogens is 3. The molecule has 0 spiro atoms. The van der Waals surface area contributed by atoms with Crippen LogP contribution in [-0.4, -0.2) is 35.8 Å². The maximum absolute atomic E-state index is 13.0. The van der Waals surface area contributed by atoms with Crippen LogP contribution in [0.5, 0.6) is 0 Å². The molecule has 0 saturated carbocycles. The summed E-state index contributed by atoms with van der Waals surface area (Å²) in [5, 5.41) is 10.1. The van der Waals surface area contributed by atoms with E-state index in [1.165, 1.54) is 0 Å². The number of ether oxygens (including phenoxy) is 1. The third-order valence-electron chi connectivity index (χ3n) is 2.31. The van der Waals surface area contributed by atoms with Crippen LogP contribution in [0.1, 0.15) is 5.56 Å². The number of carboxylic acids is 1. The minimum atomic E-state index is -3.52. The largest absolute Gasteiger partial charge is 0.480 e. The lowest BCUT2D eigenvalue weighted by Gasteiger charge is -2.17. The van der Waals surface area contributed by atoms with Gasteiger partial charge in [-0.25, -0.2) is 22.8 Å². The van der Waals surface area contributed by atoms with Crippen LogP contribution in [0.15, 0.2) is 30.3 Å². The summed E-state index contributed by atoms with van der Waals surface area (Å²) in [7, 11) is 0. The van der Waals surface area contributed by atoms with Crippen LogP contribution in [0.4, 0.5) is 18.0 Å². The van der Waals surface area contributed by atoms with Gasteiger partial charge in [-0.05, 0) is 5.56 Å². The fourth-order valence-electron chi connectivity index (χ4n) is 1.31. The van der Waals surface area contributed by atoms with Crippen molar-refractivity contribution in [3.63, 3.8) is 0 Å². The molecule has 2 unspecified atom stereocenters. The van der Waals surface area contributed by atoms with Gasteiger partial charge in [-0.3, -0.25) is 0 Å². The Balaban J connectivity index is 2.52.